The predicted octanol–water partition coefficient (Wildman–Crippen LogP) is 0.553. The van der Waals surface area contributed by atoms with Gasteiger partial charge in [0.2, 0.25) is 10.0 Å². The molecule has 18 heavy (non-hydrogen) atoms. The van der Waals surface area contributed by atoms with Crippen LogP contribution in [-0.4, -0.2) is 55.9 Å². The molecule has 0 aromatic rings. The number of piperidine rings is 1. The van der Waals surface area contributed by atoms with Crippen LogP contribution in [0.2, 0.25) is 0 Å². The van der Waals surface area contributed by atoms with E-state index in [1.165, 1.54) is 17.1 Å². The number of rotatable bonds is 8. The average Bonchev–Trinajstić information content (AvgIpc) is 2.37. The van der Waals surface area contributed by atoms with E-state index in [0.29, 0.717) is 19.0 Å². The molecule has 1 atom stereocenters. The molecular formula is C12H26N2O3S. The Hall–Kier alpha value is -0.170. The molecule has 108 valence electrons. The smallest absolute Gasteiger partial charge is 0.214 e. The third kappa shape index (κ3) is 5.22. The summed E-state index contributed by atoms with van der Waals surface area (Å²) < 4.78 is 25.7. The van der Waals surface area contributed by atoms with E-state index in [9.17, 15) is 8.42 Å². The van der Waals surface area contributed by atoms with Crippen molar-refractivity contribution in [3.05, 3.63) is 0 Å². The van der Waals surface area contributed by atoms with E-state index in [1.807, 2.05) is 6.92 Å². The second kappa shape index (κ2) is 8.09. The Kier molecular flexibility index (Phi) is 7.14. The van der Waals surface area contributed by atoms with Crippen LogP contribution >= 0.6 is 0 Å². The minimum Gasteiger partial charge on any atom is -0.395 e. The highest BCUT2D eigenvalue weighted by molar-refractivity contribution is 7.89. The van der Waals surface area contributed by atoms with Crippen molar-refractivity contribution in [1.82, 2.24) is 9.62 Å². The minimum absolute atomic E-state index is 0.110. The summed E-state index contributed by atoms with van der Waals surface area (Å²) in [6.45, 7) is 3.55. The van der Waals surface area contributed by atoms with E-state index in [-0.39, 0.29) is 18.9 Å². The van der Waals surface area contributed by atoms with Crippen LogP contribution in [-0.2, 0) is 10.0 Å². The van der Waals surface area contributed by atoms with Gasteiger partial charge in [0.25, 0.3) is 0 Å². The molecule has 1 aliphatic rings. The van der Waals surface area contributed by atoms with Crippen LogP contribution < -0.4 is 5.32 Å². The molecular weight excluding hydrogens is 252 g/mol. The van der Waals surface area contributed by atoms with Gasteiger partial charge in [-0.05, 0) is 32.2 Å². The van der Waals surface area contributed by atoms with Gasteiger partial charge < -0.3 is 10.4 Å². The first-order valence-corrected chi connectivity index (χ1v) is 8.53. The van der Waals surface area contributed by atoms with E-state index in [1.54, 1.807) is 0 Å². The van der Waals surface area contributed by atoms with Gasteiger partial charge >= 0.3 is 0 Å². The fourth-order valence-electron chi connectivity index (χ4n) is 2.34. The predicted molar refractivity (Wildman–Crippen MR) is 73.0 cm³/mol. The quantitative estimate of drug-likeness (QED) is 0.680. The lowest BCUT2D eigenvalue weighted by molar-refractivity contribution is 0.253. The lowest BCUT2D eigenvalue weighted by Gasteiger charge is -2.25. The number of hydrogen-bond acceptors (Lipinski definition) is 4. The third-order valence-corrected chi connectivity index (χ3v) is 5.26. The topological polar surface area (TPSA) is 69.6 Å². The number of aliphatic hydroxyl groups excluding tert-OH is 1. The molecule has 1 saturated heterocycles. The normalized spacial score (nSPS) is 21.4. The molecule has 0 aliphatic carbocycles. The van der Waals surface area contributed by atoms with Crippen LogP contribution in [0.4, 0.5) is 0 Å². The van der Waals surface area contributed by atoms with E-state index >= 15 is 0 Å². The first-order valence-electron chi connectivity index (χ1n) is 6.92. The van der Waals surface area contributed by atoms with Gasteiger partial charge in [-0.3, -0.25) is 0 Å². The molecule has 1 rings (SSSR count). The fourth-order valence-corrected chi connectivity index (χ4v) is 4.00. The Labute approximate surface area is 111 Å². The fraction of sp³-hybridized carbons (Fsp3) is 1.00. The molecule has 0 saturated carbocycles. The van der Waals surface area contributed by atoms with Gasteiger partial charge in [-0.25, -0.2) is 8.42 Å². The molecule has 1 aliphatic heterocycles. The molecule has 1 unspecified atom stereocenters. The maximum absolute atomic E-state index is 12.1. The highest BCUT2D eigenvalue weighted by Gasteiger charge is 2.23. The third-order valence-electron chi connectivity index (χ3n) is 3.35. The minimum atomic E-state index is -3.21. The maximum Gasteiger partial charge on any atom is 0.214 e. The van der Waals surface area contributed by atoms with Crippen molar-refractivity contribution in [2.45, 2.75) is 45.1 Å². The number of sulfonamides is 1. The van der Waals surface area contributed by atoms with Crippen LogP contribution in [0.15, 0.2) is 0 Å². The monoisotopic (exact) mass is 278 g/mol. The largest absolute Gasteiger partial charge is 0.395 e. The van der Waals surface area contributed by atoms with E-state index < -0.39 is 10.0 Å². The summed E-state index contributed by atoms with van der Waals surface area (Å²) in [4.78, 5) is 0. The summed E-state index contributed by atoms with van der Waals surface area (Å²) in [5, 5.41) is 12.3. The first-order chi connectivity index (χ1) is 8.60. The Morgan fingerprint density at radius 1 is 1.33 bits per heavy atom. The Morgan fingerprint density at radius 2 is 2.11 bits per heavy atom. The van der Waals surface area contributed by atoms with Crippen LogP contribution in [0.3, 0.4) is 0 Å². The van der Waals surface area contributed by atoms with Crippen molar-refractivity contribution < 1.29 is 13.5 Å². The molecule has 2 N–H and O–H groups in total. The Balaban J connectivity index is 2.45. The molecule has 0 bridgehead atoms. The lowest BCUT2D eigenvalue weighted by Crippen LogP contribution is -2.40. The van der Waals surface area contributed by atoms with Crippen LogP contribution in [0.5, 0.6) is 0 Å². The van der Waals surface area contributed by atoms with Crippen molar-refractivity contribution in [3.8, 4) is 0 Å². The van der Waals surface area contributed by atoms with Gasteiger partial charge in [0, 0.05) is 19.1 Å². The van der Waals surface area contributed by atoms with Gasteiger partial charge in [0.15, 0.2) is 0 Å². The zero-order valence-electron chi connectivity index (χ0n) is 11.3. The maximum atomic E-state index is 12.1. The molecule has 1 heterocycles. The van der Waals surface area contributed by atoms with Gasteiger partial charge in [0.1, 0.15) is 0 Å². The molecule has 0 amide bonds. The summed E-state index contributed by atoms with van der Waals surface area (Å²) in [6.07, 6.45) is 4.90. The molecule has 6 heteroatoms. The van der Waals surface area contributed by atoms with Gasteiger partial charge in [-0.1, -0.05) is 13.3 Å². The second-order valence-electron chi connectivity index (χ2n) is 4.87. The second-order valence-corrected chi connectivity index (χ2v) is 6.96. The average molecular weight is 278 g/mol. The van der Waals surface area contributed by atoms with Crippen LogP contribution in [0, 0.1) is 0 Å². The summed E-state index contributed by atoms with van der Waals surface area (Å²) in [5.74, 6) is 0.185. The van der Waals surface area contributed by atoms with Crippen molar-refractivity contribution in [2.75, 3.05) is 32.0 Å². The molecule has 5 nitrogen and oxygen atoms in total. The Bertz CT molecular complexity index is 307. The zero-order chi connectivity index (χ0) is 13.4. The molecule has 0 radical (unpaired) electrons. The van der Waals surface area contributed by atoms with Crippen molar-refractivity contribution in [3.63, 3.8) is 0 Å². The van der Waals surface area contributed by atoms with Crippen molar-refractivity contribution >= 4 is 10.0 Å². The van der Waals surface area contributed by atoms with E-state index in [2.05, 4.69) is 5.32 Å². The number of nitrogens with zero attached hydrogens (tertiary/aromatic N) is 1. The van der Waals surface area contributed by atoms with E-state index in [4.69, 9.17) is 5.11 Å². The van der Waals surface area contributed by atoms with Gasteiger partial charge in [-0.2, -0.15) is 4.31 Å². The number of aliphatic hydroxyl groups is 1. The number of nitrogens with one attached hydrogen (secondary N) is 1. The summed E-state index contributed by atoms with van der Waals surface area (Å²) in [6, 6.07) is 0.339. The van der Waals surface area contributed by atoms with Crippen molar-refractivity contribution in [1.29, 1.82) is 0 Å². The SMILES string of the molecule is CCCN(CCO)S(=O)(=O)CCC1CCCCN1. The first kappa shape index (κ1) is 15.9. The van der Waals surface area contributed by atoms with Gasteiger partial charge in [0.05, 0.1) is 12.4 Å². The standard InChI is InChI=1S/C12H26N2O3S/c1-2-8-14(9-10-15)18(16,17)11-6-12-5-3-4-7-13-12/h12-13,15H,2-11H2,1H3. The van der Waals surface area contributed by atoms with Crippen molar-refractivity contribution in [2.24, 2.45) is 0 Å². The highest BCUT2D eigenvalue weighted by atomic mass is 32.2. The highest BCUT2D eigenvalue weighted by Crippen LogP contribution is 2.13. The molecule has 0 aromatic heterocycles. The molecule has 1 fully saturated rings. The lowest BCUT2D eigenvalue weighted by atomic mass is 10.0. The van der Waals surface area contributed by atoms with Gasteiger partial charge in [-0.15, -0.1) is 0 Å². The summed E-state index contributed by atoms with van der Waals surface area (Å²) in [7, 11) is -3.21. The molecule has 0 aromatic carbocycles. The van der Waals surface area contributed by atoms with Crippen LogP contribution in [0.25, 0.3) is 0 Å². The van der Waals surface area contributed by atoms with Crippen LogP contribution in [0.1, 0.15) is 39.0 Å². The zero-order valence-corrected chi connectivity index (χ0v) is 12.1. The molecule has 0 spiro atoms. The Morgan fingerprint density at radius 3 is 2.67 bits per heavy atom. The summed E-state index contributed by atoms with van der Waals surface area (Å²) >= 11 is 0. The van der Waals surface area contributed by atoms with E-state index in [0.717, 1.165) is 19.4 Å². The summed E-state index contributed by atoms with van der Waals surface area (Å²) in [5.41, 5.74) is 0. The number of hydrogen-bond donors (Lipinski definition) is 2.